The van der Waals surface area contributed by atoms with Crippen LogP contribution in [-0.2, 0) is 32.7 Å². The maximum atomic E-state index is 12.9. The first-order valence-electron chi connectivity index (χ1n) is 38.4. The number of ether oxygens (including phenoxy) is 2. The summed E-state index contributed by atoms with van der Waals surface area (Å²) in [6.45, 7) is 4.40. The molecule has 10 heteroatoms. The maximum absolute atomic E-state index is 12.9. The van der Waals surface area contributed by atoms with E-state index in [-0.39, 0.29) is 25.6 Å². The van der Waals surface area contributed by atoms with Crippen LogP contribution in [0.2, 0.25) is 0 Å². The van der Waals surface area contributed by atoms with E-state index in [0.29, 0.717) is 23.9 Å². The van der Waals surface area contributed by atoms with Gasteiger partial charge >= 0.3 is 19.8 Å². The fourth-order valence-corrected chi connectivity index (χ4v) is 12.3. The molecule has 518 valence electrons. The first-order valence-corrected chi connectivity index (χ1v) is 39.9. The molecule has 0 aliphatic rings. The van der Waals surface area contributed by atoms with E-state index in [1.165, 1.54) is 295 Å². The Bertz CT molecular complexity index is 1620. The minimum absolute atomic E-state index is 0.0357. The Labute approximate surface area is 547 Å². The number of quaternary nitrogens is 1. The molecule has 0 aliphatic heterocycles. The van der Waals surface area contributed by atoms with E-state index >= 15 is 0 Å². The van der Waals surface area contributed by atoms with Crippen LogP contribution in [0.3, 0.4) is 0 Å². The molecule has 0 radical (unpaired) electrons. The molecule has 0 heterocycles. The molecular weight excluding hydrogens is 1110 g/mol. The quantitative estimate of drug-likeness (QED) is 0.0211. The van der Waals surface area contributed by atoms with Gasteiger partial charge in [0.2, 0.25) is 0 Å². The number of carbonyl (C=O) groups excluding carboxylic acids is 2. The summed E-state index contributed by atoms with van der Waals surface area (Å²) in [5.74, 6) is -0.771. The summed E-state index contributed by atoms with van der Waals surface area (Å²) in [5.41, 5.74) is 0. The summed E-state index contributed by atoms with van der Waals surface area (Å²) < 4.78 is 34.8. The van der Waals surface area contributed by atoms with Crippen LogP contribution >= 0.6 is 7.82 Å². The second-order valence-electron chi connectivity index (χ2n) is 27.4. The number of nitrogens with zero attached hydrogens (tertiary/aromatic N) is 1. The zero-order valence-electron chi connectivity index (χ0n) is 59.2. The maximum Gasteiger partial charge on any atom is 0.472 e. The van der Waals surface area contributed by atoms with Gasteiger partial charge in [-0.05, 0) is 51.4 Å². The lowest BCUT2D eigenvalue weighted by Crippen LogP contribution is -2.37. The molecule has 1 N–H and O–H groups in total. The zero-order valence-corrected chi connectivity index (χ0v) is 60.1. The number of allylic oxidation sites excluding steroid dienone is 8. The SMILES string of the molecule is CC/C=C\C/C=C\C/C=C\C/C=C\CCCCCCCCCCCCCCCCCCCCCCCCCCCCCCC(=O)OC(COC(=O)CCCCCCCCCCCCCCCCCCCCCCCCC)COP(=O)(O)OCC[N+](C)(C)C. The highest BCUT2D eigenvalue weighted by Crippen LogP contribution is 2.43. The molecule has 0 amide bonds. The van der Waals surface area contributed by atoms with Crippen LogP contribution in [0.1, 0.15) is 386 Å². The van der Waals surface area contributed by atoms with Crippen LogP contribution in [-0.4, -0.2) is 74.9 Å². The lowest BCUT2D eigenvalue weighted by molar-refractivity contribution is -0.870. The molecule has 0 aromatic rings. The fourth-order valence-electron chi connectivity index (χ4n) is 11.5. The van der Waals surface area contributed by atoms with Gasteiger partial charge in [0.15, 0.2) is 6.10 Å². The van der Waals surface area contributed by atoms with Gasteiger partial charge < -0.3 is 18.9 Å². The van der Waals surface area contributed by atoms with Crippen molar-refractivity contribution in [2.24, 2.45) is 0 Å². The third-order valence-corrected chi connectivity index (χ3v) is 18.4. The van der Waals surface area contributed by atoms with Crippen LogP contribution in [0.4, 0.5) is 0 Å². The van der Waals surface area contributed by atoms with E-state index in [0.717, 1.165) is 57.8 Å². The van der Waals surface area contributed by atoms with E-state index in [2.05, 4.69) is 62.5 Å². The van der Waals surface area contributed by atoms with Gasteiger partial charge in [-0.25, -0.2) is 4.57 Å². The minimum atomic E-state index is -4.39. The molecule has 2 atom stereocenters. The molecule has 0 saturated carbocycles. The van der Waals surface area contributed by atoms with Crippen molar-refractivity contribution < 1.29 is 42.1 Å². The van der Waals surface area contributed by atoms with Gasteiger partial charge in [0.05, 0.1) is 27.7 Å². The molecule has 0 aliphatic carbocycles. The van der Waals surface area contributed by atoms with Crippen LogP contribution < -0.4 is 0 Å². The number of unbranched alkanes of at least 4 members (excludes halogenated alkanes) is 50. The molecule has 9 nitrogen and oxygen atoms in total. The van der Waals surface area contributed by atoms with Crippen LogP contribution in [0.15, 0.2) is 48.6 Å². The van der Waals surface area contributed by atoms with E-state index in [1.54, 1.807) is 0 Å². The number of likely N-dealkylation sites (N-methyl/N-ethyl adjacent to an activating group) is 1. The molecule has 88 heavy (non-hydrogen) atoms. The standard InChI is InChI=1S/C78H148NO8P/c1-6-8-10-12-14-16-18-20-22-24-26-28-30-31-32-33-34-35-36-37-38-39-40-41-42-43-44-45-46-47-49-51-53-55-57-59-61-63-65-67-69-71-78(81)87-76(75-86-88(82,83)85-73-72-79(3,4)5)74-84-77(80)70-68-66-64-62-60-58-56-54-52-50-48-29-27-25-23-21-19-17-15-13-11-9-7-2/h8,10,14,16,20,22,26,28,76H,6-7,9,11-13,15,17-19,21,23-25,27,29-75H2,1-5H3/p+1/b10-8-,16-14-,22-20-,28-26-. The van der Waals surface area contributed by atoms with Crippen molar-refractivity contribution in [3.05, 3.63) is 48.6 Å². The number of rotatable bonds is 72. The second kappa shape index (κ2) is 69.3. The number of phosphoric ester groups is 1. The molecule has 0 saturated heterocycles. The molecule has 0 rings (SSSR count). The van der Waals surface area contributed by atoms with Crippen LogP contribution in [0.25, 0.3) is 0 Å². The van der Waals surface area contributed by atoms with E-state index in [9.17, 15) is 19.0 Å². The number of carbonyl (C=O) groups is 2. The Balaban J connectivity index is 3.87. The monoisotopic (exact) mass is 1260 g/mol. The van der Waals surface area contributed by atoms with Crippen LogP contribution in [0, 0.1) is 0 Å². The van der Waals surface area contributed by atoms with Gasteiger partial charge in [-0.15, -0.1) is 0 Å². The average Bonchev–Trinajstić information content (AvgIpc) is 3.58. The Morgan fingerprint density at radius 1 is 0.364 bits per heavy atom. The first-order chi connectivity index (χ1) is 43.0. The van der Waals surface area contributed by atoms with Gasteiger partial charge in [0.25, 0.3) is 0 Å². The number of hydrogen-bond acceptors (Lipinski definition) is 7. The molecular formula is C78H149NO8P+. The van der Waals surface area contributed by atoms with Gasteiger partial charge in [-0.1, -0.05) is 371 Å². The third-order valence-electron chi connectivity index (χ3n) is 17.4. The van der Waals surface area contributed by atoms with E-state index in [1.807, 2.05) is 21.1 Å². The molecule has 0 aromatic heterocycles. The van der Waals surface area contributed by atoms with Gasteiger partial charge in [0.1, 0.15) is 19.8 Å². The highest BCUT2D eigenvalue weighted by Gasteiger charge is 2.27. The summed E-state index contributed by atoms with van der Waals surface area (Å²) in [6, 6.07) is 0. The summed E-state index contributed by atoms with van der Waals surface area (Å²) in [7, 11) is 1.50. The highest BCUT2D eigenvalue weighted by atomic mass is 31.2. The smallest absolute Gasteiger partial charge is 0.462 e. The lowest BCUT2D eigenvalue weighted by Gasteiger charge is -2.24. The van der Waals surface area contributed by atoms with Crippen molar-refractivity contribution in [2.45, 2.75) is 392 Å². The van der Waals surface area contributed by atoms with Crippen molar-refractivity contribution in [1.29, 1.82) is 0 Å². The number of phosphoric acid groups is 1. The Hall–Kier alpha value is -2.03. The Morgan fingerprint density at radius 3 is 0.966 bits per heavy atom. The lowest BCUT2D eigenvalue weighted by atomic mass is 10.0. The molecule has 0 spiro atoms. The largest absolute Gasteiger partial charge is 0.472 e. The van der Waals surface area contributed by atoms with Crippen molar-refractivity contribution in [1.82, 2.24) is 0 Å². The average molecular weight is 1260 g/mol. The second-order valence-corrected chi connectivity index (χ2v) is 28.8. The fraction of sp³-hybridized carbons (Fsp3) is 0.872. The predicted octanol–water partition coefficient (Wildman–Crippen LogP) is 25.2. The predicted molar refractivity (Wildman–Crippen MR) is 381 cm³/mol. The van der Waals surface area contributed by atoms with E-state index in [4.69, 9.17) is 18.5 Å². The van der Waals surface area contributed by atoms with Crippen molar-refractivity contribution >= 4 is 19.8 Å². The minimum Gasteiger partial charge on any atom is -0.462 e. The summed E-state index contributed by atoms with van der Waals surface area (Å²) >= 11 is 0. The number of hydrogen-bond donors (Lipinski definition) is 1. The summed E-state index contributed by atoms with van der Waals surface area (Å²) in [5, 5.41) is 0. The molecule has 0 fully saturated rings. The highest BCUT2D eigenvalue weighted by molar-refractivity contribution is 7.47. The number of esters is 2. The van der Waals surface area contributed by atoms with E-state index < -0.39 is 26.5 Å². The zero-order chi connectivity index (χ0) is 64.1. The Kier molecular flexibility index (Phi) is 67.7. The summed E-state index contributed by atoms with van der Waals surface area (Å²) in [4.78, 5) is 35.9. The topological polar surface area (TPSA) is 108 Å². The molecule has 0 aromatic carbocycles. The third kappa shape index (κ3) is 73.0. The van der Waals surface area contributed by atoms with Crippen molar-refractivity contribution in [2.75, 3.05) is 47.5 Å². The first kappa shape index (κ1) is 86.0. The molecule has 2 unspecified atom stereocenters. The van der Waals surface area contributed by atoms with Gasteiger partial charge in [-0.2, -0.15) is 0 Å². The van der Waals surface area contributed by atoms with Crippen LogP contribution in [0.5, 0.6) is 0 Å². The Morgan fingerprint density at radius 2 is 0.648 bits per heavy atom. The van der Waals surface area contributed by atoms with Gasteiger partial charge in [0, 0.05) is 12.8 Å². The van der Waals surface area contributed by atoms with Crippen molar-refractivity contribution in [3.8, 4) is 0 Å². The summed E-state index contributed by atoms with van der Waals surface area (Å²) in [6.07, 6.45) is 91.1. The normalized spacial score (nSPS) is 13.3. The van der Waals surface area contributed by atoms with Crippen molar-refractivity contribution in [3.63, 3.8) is 0 Å². The van der Waals surface area contributed by atoms with Gasteiger partial charge in [-0.3, -0.25) is 18.6 Å². The molecule has 0 bridgehead atoms.